The van der Waals surface area contributed by atoms with Crippen molar-refractivity contribution < 1.29 is 14.6 Å². The fourth-order valence-electron chi connectivity index (χ4n) is 2.92. The third-order valence-electron chi connectivity index (χ3n) is 4.07. The van der Waals surface area contributed by atoms with E-state index >= 15 is 0 Å². The molecule has 3 rings (SSSR count). The van der Waals surface area contributed by atoms with Gasteiger partial charge in [-0.3, -0.25) is 14.6 Å². The van der Waals surface area contributed by atoms with Crippen molar-refractivity contribution in [3.8, 4) is 6.07 Å². The van der Waals surface area contributed by atoms with Crippen LogP contribution in [0.1, 0.15) is 35.8 Å². The third-order valence-corrected chi connectivity index (χ3v) is 4.07. The van der Waals surface area contributed by atoms with E-state index in [2.05, 4.69) is 15.3 Å². The maximum atomic E-state index is 12.4. The number of aromatic amines is 1. The Labute approximate surface area is 142 Å². The number of H-pyrrole nitrogens is 1. The van der Waals surface area contributed by atoms with Gasteiger partial charge in [-0.15, -0.1) is 0 Å². The summed E-state index contributed by atoms with van der Waals surface area (Å²) in [6.45, 7) is 0.0716. The van der Waals surface area contributed by atoms with Gasteiger partial charge in [0, 0.05) is 12.7 Å². The van der Waals surface area contributed by atoms with Crippen molar-refractivity contribution in [1.29, 1.82) is 5.26 Å². The van der Waals surface area contributed by atoms with E-state index in [0.29, 0.717) is 12.8 Å². The third kappa shape index (κ3) is 3.19. The van der Waals surface area contributed by atoms with E-state index in [1.165, 1.54) is 6.20 Å². The number of nitrogens with one attached hydrogen (secondary N) is 2. The molecule has 1 amide bonds. The number of carbonyl (C=O) groups is 1. The number of fused-ring (bicyclic) bond motifs is 1. The first-order valence-electron chi connectivity index (χ1n) is 7.87. The second-order valence-corrected chi connectivity index (χ2v) is 5.74. The fraction of sp³-hybridized carbons (Fsp3) is 0.467. The van der Waals surface area contributed by atoms with Gasteiger partial charge in [-0.25, -0.2) is 0 Å². The van der Waals surface area contributed by atoms with Crippen LogP contribution in [0.3, 0.4) is 0 Å². The predicted octanol–water partition coefficient (Wildman–Crippen LogP) is -0.380. The van der Waals surface area contributed by atoms with Crippen LogP contribution in [0.15, 0.2) is 11.0 Å². The maximum Gasteiger partial charge on any atom is 0.262 e. The highest BCUT2D eigenvalue weighted by Crippen LogP contribution is 2.31. The highest BCUT2D eigenvalue weighted by molar-refractivity contribution is 6.06. The molecule has 1 aliphatic heterocycles. The van der Waals surface area contributed by atoms with Crippen LogP contribution in [-0.4, -0.2) is 44.8 Å². The van der Waals surface area contributed by atoms with E-state index in [0.717, 1.165) is 0 Å². The monoisotopic (exact) mass is 346 g/mol. The number of nitrogen functional groups attached to an aromatic ring is 1. The van der Waals surface area contributed by atoms with E-state index in [1.807, 2.05) is 6.07 Å². The number of ether oxygens (including phenoxy) is 1. The van der Waals surface area contributed by atoms with Crippen LogP contribution in [0.4, 0.5) is 5.95 Å². The van der Waals surface area contributed by atoms with E-state index in [-0.39, 0.29) is 48.2 Å². The highest BCUT2D eigenvalue weighted by atomic mass is 16.5. The molecule has 0 aliphatic carbocycles. The standard InChI is InChI=1S/C15H18N6O4/c16-4-1-5-18-13(23)9-6-21(10-3-2-8(7-22)25-10)12-11(9)14(24)20-15(17)19-12/h6,8,10,22H,1-3,5,7H2,(H,18,23)(H3,17,19,20,24)/t8-,10+/m0/s1. The quantitative estimate of drug-likeness (QED) is 0.537. The minimum Gasteiger partial charge on any atom is -0.394 e. The molecule has 0 saturated carbocycles. The molecule has 0 spiro atoms. The summed E-state index contributed by atoms with van der Waals surface area (Å²) in [5.41, 5.74) is 5.49. The van der Waals surface area contributed by atoms with Crippen molar-refractivity contribution in [2.75, 3.05) is 18.9 Å². The lowest BCUT2D eigenvalue weighted by Gasteiger charge is -2.14. The summed E-state index contributed by atoms with van der Waals surface area (Å²) in [4.78, 5) is 31.2. The van der Waals surface area contributed by atoms with Gasteiger partial charge in [0.25, 0.3) is 11.5 Å². The molecule has 2 aromatic heterocycles. The van der Waals surface area contributed by atoms with Gasteiger partial charge in [-0.1, -0.05) is 0 Å². The number of aliphatic hydroxyl groups excluding tert-OH is 1. The molecule has 3 heterocycles. The molecule has 2 aromatic rings. The van der Waals surface area contributed by atoms with Crippen LogP contribution in [0.25, 0.3) is 11.0 Å². The summed E-state index contributed by atoms with van der Waals surface area (Å²) in [5.74, 6) is -0.544. The first kappa shape index (κ1) is 16.9. The topological polar surface area (TPSA) is 159 Å². The number of rotatable bonds is 5. The Morgan fingerprint density at radius 2 is 2.40 bits per heavy atom. The average Bonchev–Trinajstić information content (AvgIpc) is 3.19. The number of carbonyl (C=O) groups excluding carboxylic acids is 1. The van der Waals surface area contributed by atoms with E-state index < -0.39 is 17.7 Å². The fourth-order valence-corrected chi connectivity index (χ4v) is 2.92. The zero-order valence-electron chi connectivity index (χ0n) is 13.4. The number of hydrogen-bond acceptors (Lipinski definition) is 7. The molecule has 0 aromatic carbocycles. The molecule has 2 atom stereocenters. The smallest absolute Gasteiger partial charge is 0.262 e. The highest BCUT2D eigenvalue weighted by Gasteiger charge is 2.30. The van der Waals surface area contributed by atoms with Crippen LogP contribution < -0.4 is 16.6 Å². The molecule has 132 valence electrons. The molecule has 25 heavy (non-hydrogen) atoms. The van der Waals surface area contributed by atoms with Crippen LogP contribution in [0.5, 0.6) is 0 Å². The minimum absolute atomic E-state index is 0.0648. The van der Waals surface area contributed by atoms with Gasteiger partial charge >= 0.3 is 0 Å². The van der Waals surface area contributed by atoms with Gasteiger partial charge in [-0.2, -0.15) is 10.2 Å². The number of hydrogen-bond donors (Lipinski definition) is 4. The largest absolute Gasteiger partial charge is 0.394 e. The molecule has 1 aliphatic rings. The number of nitrogens with two attached hydrogens (primary N) is 1. The summed E-state index contributed by atoms with van der Waals surface area (Å²) >= 11 is 0. The maximum absolute atomic E-state index is 12.4. The van der Waals surface area contributed by atoms with Crippen LogP contribution in [-0.2, 0) is 4.74 Å². The summed E-state index contributed by atoms with van der Waals surface area (Å²) in [6, 6.07) is 1.93. The Hall–Kier alpha value is -2.90. The molecule has 0 radical (unpaired) electrons. The van der Waals surface area contributed by atoms with Crippen LogP contribution >= 0.6 is 0 Å². The van der Waals surface area contributed by atoms with Crippen molar-refractivity contribution >= 4 is 22.9 Å². The minimum atomic E-state index is -0.525. The lowest BCUT2D eigenvalue weighted by atomic mass is 10.2. The molecule has 0 unspecified atom stereocenters. The first-order chi connectivity index (χ1) is 12.0. The Morgan fingerprint density at radius 1 is 1.60 bits per heavy atom. The van der Waals surface area contributed by atoms with Gasteiger partial charge in [0.1, 0.15) is 6.23 Å². The number of nitriles is 1. The van der Waals surface area contributed by atoms with Crippen molar-refractivity contribution in [3.63, 3.8) is 0 Å². The molecule has 10 nitrogen and oxygen atoms in total. The number of aliphatic hydroxyl groups is 1. The van der Waals surface area contributed by atoms with Gasteiger partial charge in [0.15, 0.2) is 5.65 Å². The van der Waals surface area contributed by atoms with Crippen LogP contribution in [0, 0.1) is 11.3 Å². The van der Waals surface area contributed by atoms with Crippen molar-refractivity contribution in [3.05, 3.63) is 22.1 Å². The zero-order chi connectivity index (χ0) is 18.0. The summed E-state index contributed by atoms with van der Waals surface area (Å²) in [6.07, 6.45) is 2.18. The molecule has 1 fully saturated rings. The van der Waals surface area contributed by atoms with Gasteiger partial charge in [-0.05, 0) is 12.8 Å². The molecular weight excluding hydrogens is 328 g/mol. The molecule has 5 N–H and O–H groups in total. The van der Waals surface area contributed by atoms with E-state index in [9.17, 15) is 14.7 Å². The number of aromatic nitrogens is 3. The van der Waals surface area contributed by atoms with E-state index in [4.69, 9.17) is 15.7 Å². The lowest BCUT2D eigenvalue weighted by Crippen LogP contribution is -2.25. The van der Waals surface area contributed by atoms with Gasteiger partial charge < -0.3 is 25.5 Å². The zero-order valence-corrected chi connectivity index (χ0v) is 13.4. The van der Waals surface area contributed by atoms with E-state index in [1.54, 1.807) is 4.57 Å². The lowest BCUT2D eigenvalue weighted by molar-refractivity contribution is -0.0204. The Morgan fingerprint density at radius 3 is 3.08 bits per heavy atom. The normalized spacial score (nSPS) is 19.8. The first-order valence-corrected chi connectivity index (χ1v) is 7.87. The Balaban J connectivity index is 2.04. The van der Waals surface area contributed by atoms with Crippen LogP contribution in [0.2, 0.25) is 0 Å². The summed E-state index contributed by atoms with van der Waals surface area (Å²) < 4.78 is 7.31. The average molecular weight is 346 g/mol. The summed E-state index contributed by atoms with van der Waals surface area (Å²) in [7, 11) is 0. The molecular formula is C15H18N6O4. The number of nitrogens with zero attached hydrogens (tertiary/aromatic N) is 3. The second-order valence-electron chi connectivity index (χ2n) is 5.74. The Kier molecular flexibility index (Phi) is 4.69. The second kappa shape index (κ2) is 6.92. The summed E-state index contributed by atoms with van der Waals surface area (Å²) in [5, 5.41) is 20.5. The number of amides is 1. The predicted molar refractivity (Wildman–Crippen MR) is 87.6 cm³/mol. The molecule has 1 saturated heterocycles. The molecule has 0 bridgehead atoms. The Bertz CT molecular complexity index is 896. The SMILES string of the molecule is N#CCCNC(=O)c1cn([C@H]2CC[C@@H](CO)O2)c2nc(N)[nH]c(=O)c12. The number of anilines is 1. The van der Waals surface area contributed by atoms with Crippen molar-refractivity contribution in [2.45, 2.75) is 31.6 Å². The molecule has 10 heteroatoms. The van der Waals surface area contributed by atoms with Gasteiger partial charge in [0.2, 0.25) is 5.95 Å². The van der Waals surface area contributed by atoms with Crippen molar-refractivity contribution in [2.24, 2.45) is 0 Å². The van der Waals surface area contributed by atoms with Crippen molar-refractivity contribution in [1.82, 2.24) is 19.9 Å². The van der Waals surface area contributed by atoms with Gasteiger partial charge in [0.05, 0.1) is 36.2 Å².